The van der Waals surface area contributed by atoms with Crippen molar-refractivity contribution in [1.29, 1.82) is 0 Å². The molecule has 2 N–H and O–H groups in total. The van der Waals surface area contributed by atoms with Gasteiger partial charge in [-0.3, -0.25) is 0 Å². The number of piperidine rings is 1. The minimum Gasteiger partial charge on any atom is -0.396 e. The maximum atomic E-state index is 9.06. The van der Waals surface area contributed by atoms with Crippen molar-refractivity contribution in [2.75, 3.05) is 29.9 Å². The summed E-state index contributed by atoms with van der Waals surface area (Å²) < 4.78 is 2.27. The molecule has 1 fully saturated rings. The van der Waals surface area contributed by atoms with Gasteiger partial charge in [-0.15, -0.1) is 0 Å². The summed E-state index contributed by atoms with van der Waals surface area (Å²) in [6, 6.07) is 15.3. The van der Waals surface area contributed by atoms with E-state index in [9.17, 15) is 0 Å². The van der Waals surface area contributed by atoms with Crippen molar-refractivity contribution in [3.05, 3.63) is 54.9 Å². The number of aliphatic hydroxyl groups is 1. The number of aromatic nitrogens is 3. The first-order chi connectivity index (χ1) is 16.1. The summed E-state index contributed by atoms with van der Waals surface area (Å²) >= 11 is 0. The third-order valence-corrected chi connectivity index (χ3v) is 6.86. The van der Waals surface area contributed by atoms with Crippen molar-refractivity contribution < 1.29 is 5.11 Å². The largest absolute Gasteiger partial charge is 0.396 e. The van der Waals surface area contributed by atoms with E-state index < -0.39 is 0 Å². The molecule has 0 unspecified atom stereocenters. The van der Waals surface area contributed by atoms with E-state index in [1.807, 2.05) is 6.20 Å². The average molecular weight is 444 g/mol. The molecule has 0 amide bonds. The maximum Gasteiger partial charge on any atom is 0.227 e. The SMILES string of the molecule is CC(C)n1ccc2ccc3cnc(Nc4ccc(N5CCC(CCCO)CC5)cc4)nc3c21. The lowest BCUT2D eigenvalue weighted by atomic mass is 9.92. The first-order valence-electron chi connectivity index (χ1n) is 12.1. The zero-order valence-corrected chi connectivity index (χ0v) is 19.5. The fourth-order valence-electron chi connectivity index (χ4n) is 4.97. The number of hydrogen-bond donors (Lipinski definition) is 2. The van der Waals surface area contributed by atoms with Gasteiger partial charge in [0, 0.05) is 60.3 Å². The Kier molecular flexibility index (Phi) is 6.18. The molecule has 1 aliphatic rings. The number of aliphatic hydroxyl groups excluding tert-OH is 1. The molecule has 0 atom stereocenters. The molecule has 4 aromatic rings. The summed E-state index contributed by atoms with van der Waals surface area (Å²) in [5, 5.41) is 14.7. The minimum atomic E-state index is 0.310. The van der Waals surface area contributed by atoms with Crippen LogP contribution in [0, 0.1) is 5.92 Å². The fraction of sp³-hybridized carbons (Fsp3) is 0.407. The molecular formula is C27H33N5O. The molecule has 3 heterocycles. The highest BCUT2D eigenvalue weighted by Gasteiger charge is 2.19. The lowest BCUT2D eigenvalue weighted by molar-refractivity contribution is 0.261. The van der Waals surface area contributed by atoms with E-state index >= 15 is 0 Å². The minimum absolute atomic E-state index is 0.310. The molecule has 0 saturated carbocycles. The first kappa shape index (κ1) is 21.7. The van der Waals surface area contributed by atoms with Crippen LogP contribution >= 0.6 is 0 Å². The molecule has 6 nitrogen and oxygen atoms in total. The Hall–Kier alpha value is -3.12. The van der Waals surface area contributed by atoms with Gasteiger partial charge in [-0.1, -0.05) is 12.1 Å². The molecule has 1 aliphatic heterocycles. The van der Waals surface area contributed by atoms with Crippen LogP contribution in [0.2, 0.25) is 0 Å². The number of rotatable bonds is 7. The van der Waals surface area contributed by atoms with E-state index in [1.165, 1.54) is 23.9 Å². The zero-order chi connectivity index (χ0) is 22.8. The van der Waals surface area contributed by atoms with E-state index in [-0.39, 0.29) is 0 Å². The summed E-state index contributed by atoms with van der Waals surface area (Å²) in [7, 11) is 0. The van der Waals surface area contributed by atoms with Gasteiger partial charge in [0.05, 0.1) is 5.52 Å². The third kappa shape index (κ3) is 4.53. The van der Waals surface area contributed by atoms with Crippen LogP contribution in [-0.4, -0.2) is 39.3 Å². The molecule has 2 aromatic carbocycles. The number of nitrogens with zero attached hydrogens (tertiary/aromatic N) is 4. The molecule has 0 radical (unpaired) electrons. The molecule has 2 aromatic heterocycles. The molecule has 1 saturated heterocycles. The number of nitrogens with one attached hydrogen (secondary N) is 1. The van der Waals surface area contributed by atoms with Gasteiger partial charge in [0.15, 0.2) is 0 Å². The second-order valence-corrected chi connectivity index (χ2v) is 9.42. The van der Waals surface area contributed by atoms with Gasteiger partial charge in [0.25, 0.3) is 0 Å². The van der Waals surface area contributed by atoms with Gasteiger partial charge in [0.2, 0.25) is 5.95 Å². The van der Waals surface area contributed by atoms with E-state index in [4.69, 9.17) is 10.1 Å². The lowest BCUT2D eigenvalue weighted by Gasteiger charge is -2.33. The van der Waals surface area contributed by atoms with Gasteiger partial charge >= 0.3 is 0 Å². The quantitative estimate of drug-likeness (QED) is 0.372. The van der Waals surface area contributed by atoms with E-state index in [0.717, 1.165) is 54.0 Å². The Labute approximate surface area is 195 Å². The summed E-state index contributed by atoms with van der Waals surface area (Å²) in [5.74, 6) is 1.37. The second-order valence-electron chi connectivity index (χ2n) is 9.42. The van der Waals surface area contributed by atoms with Crippen molar-refractivity contribution >= 4 is 39.1 Å². The van der Waals surface area contributed by atoms with Crippen LogP contribution in [0.5, 0.6) is 0 Å². The lowest BCUT2D eigenvalue weighted by Crippen LogP contribution is -2.33. The highest BCUT2D eigenvalue weighted by atomic mass is 16.2. The first-order valence-corrected chi connectivity index (χ1v) is 12.1. The van der Waals surface area contributed by atoms with Gasteiger partial charge < -0.3 is 19.9 Å². The van der Waals surface area contributed by atoms with Crippen molar-refractivity contribution in [3.8, 4) is 0 Å². The number of hydrogen-bond acceptors (Lipinski definition) is 5. The summed E-state index contributed by atoms with van der Waals surface area (Å²) in [6.07, 6.45) is 8.52. The van der Waals surface area contributed by atoms with Gasteiger partial charge in [-0.2, -0.15) is 0 Å². The van der Waals surface area contributed by atoms with Crippen LogP contribution in [0.3, 0.4) is 0 Å². The average Bonchev–Trinajstić information content (AvgIpc) is 3.29. The van der Waals surface area contributed by atoms with Crippen LogP contribution < -0.4 is 10.2 Å². The van der Waals surface area contributed by atoms with Crippen molar-refractivity contribution in [2.45, 2.75) is 45.6 Å². The Bertz CT molecular complexity index is 1220. The maximum absolute atomic E-state index is 9.06. The predicted molar refractivity (Wildman–Crippen MR) is 136 cm³/mol. The topological polar surface area (TPSA) is 66.2 Å². The highest BCUT2D eigenvalue weighted by molar-refractivity contribution is 6.03. The Morgan fingerprint density at radius 1 is 1.03 bits per heavy atom. The fourth-order valence-corrected chi connectivity index (χ4v) is 4.97. The van der Waals surface area contributed by atoms with Crippen LogP contribution in [0.25, 0.3) is 21.8 Å². The van der Waals surface area contributed by atoms with E-state index in [0.29, 0.717) is 18.6 Å². The Morgan fingerprint density at radius 2 is 1.79 bits per heavy atom. The van der Waals surface area contributed by atoms with Gasteiger partial charge in [-0.05, 0) is 75.8 Å². The molecule has 0 aliphatic carbocycles. The Balaban J connectivity index is 1.32. The van der Waals surface area contributed by atoms with Crippen LogP contribution in [0.15, 0.2) is 54.9 Å². The monoisotopic (exact) mass is 443 g/mol. The standard InChI is InChI=1S/C27H33N5O/c1-19(2)32-16-13-21-5-6-22-18-28-27(30-25(22)26(21)32)29-23-7-9-24(10-8-23)31-14-11-20(12-15-31)4-3-17-33/h5-10,13,16,18-20,33H,3-4,11-12,14-15,17H2,1-2H3,(H,28,29,30). The molecule has 5 rings (SSSR count). The molecular weight excluding hydrogens is 410 g/mol. The van der Waals surface area contributed by atoms with Crippen molar-refractivity contribution in [2.24, 2.45) is 5.92 Å². The van der Waals surface area contributed by atoms with Crippen molar-refractivity contribution in [1.82, 2.24) is 14.5 Å². The van der Waals surface area contributed by atoms with Gasteiger partial charge in [0.1, 0.15) is 5.52 Å². The van der Waals surface area contributed by atoms with Crippen LogP contribution in [-0.2, 0) is 0 Å². The normalized spacial score (nSPS) is 15.1. The Morgan fingerprint density at radius 3 is 2.52 bits per heavy atom. The van der Waals surface area contributed by atoms with E-state index in [1.54, 1.807) is 0 Å². The van der Waals surface area contributed by atoms with Crippen LogP contribution in [0.1, 0.15) is 45.6 Å². The van der Waals surface area contributed by atoms with Crippen LogP contribution in [0.4, 0.5) is 17.3 Å². The molecule has 172 valence electrons. The molecule has 6 heteroatoms. The molecule has 0 bridgehead atoms. The van der Waals surface area contributed by atoms with E-state index in [2.05, 4.69) is 82.3 Å². The number of anilines is 3. The molecule has 0 spiro atoms. The predicted octanol–water partition coefficient (Wildman–Crippen LogP) is 5.90. The number of benzene rings is 2. The molecule has 33 heavy (non-hydrogen) atoms. The smallest absolute Gasteiger partial charge is 0.227 e. The summed E-state index contributed by atoms with van der Waals surface area (Å²) in [5.41, 5.74) is 4.38. The van der Waals surface area contributed by atoms with Crippen molar-refractivity contribution in [3.63, 3.8) is 0 Å². The zero-order valence-electron chi connectivity index (χ0n) is 19.5. The summed E-state index contributed by atoms with van der Waals surface area (Å²) in [4.78, 5) is 11.9. The van der Waals surface area contributed by atoms with Gasteiger partial charge in [-0.25, -0.2) is 9.97 Å². The number of fused-ring (bicyclic) bond motifs is 3. The second kappa shape index (κ2) is 9.40. The highest BCUT2D eigenvalue weighted by Crippen LogP contribution is 2.29. The summed E-state index contributed by atoms with van der Waals surface area (Å²) in [6.45, 7) is 6.87. The third-order valence-electron chi connectivity index (χ3n) is 6.86.